The van der Waals surface area contributed by atoms with E-state index in [-0.39, 0.29) is 5.91 Å². The van der Waals surface area contributed by atoms with Crippen molar-refractivity contribution in [2.75, 3.05) is 5.32 Å². The number of carbonyl (C=O) groups excluding carboxylic acids is 1. The van der Waals surface area contributed by atoms with E-state index >= 15 is 0 Å². The van der Waals surface area contributed by atoms with Gasteiger partial charge in [0.05, 0.1) is 26.2 Å². The lowest BCUT2D eigenvalue weighted by Gasteiger charge is -2.07. The highest BCUT2D eigenvalue weighted by Crippen LogP contribution is 2.40. The smallest absolute Gasteiger partial charge is 0.259 e. The van der Waals surface area contributed by atoms with Crippen LogP contribution in [0.3, 0.4) is 0 Å². The molecular formula is C26H19N5O2S2. The number of ether oxygens (including phenoxy) is 1. The molecule has 0 radical (unpaired) electrons. The first-order valence-corrected chi connectivity index (χ1v) is 12.6. The number of hydrogen-bond acceptors (Lipinski definition) is 7. The van der Waals surface area contributed by atoms with E-state index in [2.05, 4.69) is 20.3 Å². The molecule has 5 heterocycles. The zero-order valence-electron chi connectivity index (χ0n) is 18.9. The van der Waals surface area contributed by atoms with Gasteiger partial charge in [-0.05, 0) is 37.3 Å². The normalized spacial score (nSPS) is 11.3. The predicted octanol–water partition coefficient (Wildman–Crippen LogP) is 6.66. The van der Waals surface area contributed by atoms with Crippen LogP contribution in [-0.2, 0) is 7.05 Å². The number of aryl methyl sites for hydroxylation is 1. The maximum Gasteiger partial charge on any atom is 0.259 e. The van der Waals surface area contributed by atoms with Gasteiger partial charge in [-0.25, -0.2) is 9.97 Å². The van der Waals surface area contributed by atoms with Crippen molar-refractivity contribution in [3.8, 4) is 21.4 Å². The maximum absolute atomic E-state index is 13.1. The Kier molecular flexibility index (Phi) is 5.28. The second-order valence-corrected chi connectivity index (χ2v) is 9.89. The molecule has 6 aromatic rings. The molecule has 1 amide bonds. The summed E-state index contributed by atoms with van der Waals surface area (Å²) in [7, 11) is 1.95. The van der Waals surface area contributed by atoms with Gasteiger partial charge in [-0.3, -0.25) is 9.78 Å². The Bertz CT molecular complexity index is 1690. The molecule has 9 heteroatoms. The minimum atomic E-state index is -0.190. The van der Waals surface area contributed by atoms with E-state index in [1.807, 2.05) is 66.4 Å². The number of rotatable bonds is 5. The monoisotopic (exact) mass is 497 g/mol. The van der Waals surface area contributed by atoms with Crippen molar-refractivity contribution >= 4 is 55.5 Å². The van der Waals surface area contributed by atoms with Crippen LogP contribution >= 0.6 is 22.7 Å². The zero-order valence-corrected chi connectivity index (χ0v) is 20.5. The van der Waals surface area contributed by atoms with E-state index < -0.39 is 0 Å². The standard InChI is InChI=1S/C26H19N5O2S2/c1-15-23(25(32)30-22-5-3-4-9-28-22)17-7-6-16(13-19(17)31(15)2)33-20-8-10-27-18-14-21(35-24(18)20)26-29-11-12-34-26/h3-14H,1-2H3,(H,28,30,32). The quantitative estimate of drug-likeness (QED) is 0.288. The Hall–Kier alpha value is -4.08. The minimum absolute atomic E-state index is 0.190. The number of hydrogen-bond donors (Lipinski definition) is 1. The van der Waals surface area contributed by atoms with Crippen LogP contribution in [0.25, 0.3) is 31.0 Å². The first-order chi connectivity index (χ1) is 17.1. The molecule has 0 saturated heterocycles. The molecule has 1 aromatic carbocycles. The van der Waals surface area contributed by atoms with Crippen molar-refractivity contribution in [2.45, 2.75) is 6.92 Å². The van der Waals surface area contributed by atoms with Crippen LogP contribution in [-0.4, -0.2) is 25.4 Å². The molecular weight excluding hydrogens is 478 g/mol. The zero-order chi connectivity index (χ0) is 23.9. The molecule has 1 N–H and O–H groups in total. The van der Waals surface area contributed by atoms with Crippen LogP contribution in [0.2, 0.25) is 0 Å². The van der Waals surface area contributed by atoms with Crippen LogP contribution in [0.15, 0.2) is 72.5 Å². The summed E-state index contributed by atoms with van der Waals surface area (Å²) in [6, 6.07) is 15.1. The molecule has 0 bridgehead atoms. The van der Waals surface area contributed by atoms with Crippen molar-refractivity contribution in [3.63, 3.8) is 0 Å². The fourth-order valence-electron chi connectivity index (χ4n) is 4.08. The number of aromatic nitrogens is 4. The summed E-state index contributed by atoms with van der Waals surface area (Å²) < 4.78 is 9.29. The SMILES string of the molecule is Cc1c(C(=O)Nc2ccccn2)c2ccc(Oc3ccnc4cc(-c5nccs5)sc34)cc2n1C. The van der Waals surface area contributed by atoms with E-state index in [4.69, 9.17) is 4.74 Å². The lowest BCUT2D eigenvalue weighted by Crippen LogP contribution is -2.14. The van der Waals surface area contributed by atoms with Gasteiger partial charge in [0.15, 0.2) is 0 Å². The van der Waals surface area contributed by atoms with Gasteiger partial charge in [-0.15, -0.1) is 22.7 Å². The number of thiophene rings is 1. The number of thiazole rings is 1. The number of amides is 1. The Morgan fingerprint density at radius 1 is 1.03 bits per heavy atom. The van der Waals surface area contributed by atoms with Crippen LogP contribution < -0.4 is 10.1 Å². The van der Waals surface area contributed by atoms with E-state index in [1.54, 1.807) is 47.3 Å². The molecule has 0 unspecified atom stereocenters. The summed E-state index contributed by atoms with van der Waals surface area (Å²) in [6.45, 7) is 1.94. The number of benzene rings is 1. The van der Waals surface area contributed by atoms with Gasteiger partial charge >= 0.3 is 0 Å². The van der Waals surface area contributed by atoms with Gasteiger partial charge in [-0.2, -0.15) is 0 Å². The van der Waals surface area contributed by atoms with Crippen LogP contribution in [0.4, 0.5) is 5.82 Å². The second-order valence-electron chi connectivity index (χ2n) is 7.94. The van der Waals surface area contributed by atoms with E-state index in [1.165, 1.54) is 0 Å². The molecule has 6 rings (SSSR count). The molecule has 0 aliphatic rings. The molecule has 0 aliphatic heterocycles. The molecule has 0 spiro atoms. The van der Waals surface area contributed by atoms with Crippen molar-refractivity contribution in [1.82, 2.24) is 19.5 Å². The van der Waals surface area contributed by atoms with Crippen LogP contribution in [0.5, 0.6) is 11.5 Å². The van der Waals surface area contributed by atoms with Crippen molar-refractivity contribution < 1.29 is 9.53 Å². The third-order valence-electron chi connectivity index (χ3n) is 5.85. The molecule has 0 aliphatic carbocycles. The van der Waals surface area contributed by atoms with Gasteiger partial charge in [0.2, 0.25) is 0 Å². The third-order valence-corrected chi connectivity index (χ3v) is 7.93. The summed E-state index contributed by atoms with van der Waals surface area (Å²) in [5, 5.41) is 6.68. The molecule has 172 valence electrons. The van der Waals surface area contributed by atoms with Crippen molar-refractivity contribution in [2.24, 2.45) is 7.05 Å². The van der Waals surface area contributed by atoms with Crippen LogP contribution in [0, 0.1) is 6.92 Å². The molecule has 0 saturated carbocycles. The third kappa shape index (κ3) is 3.84. The highest BCUT2D eigenvalue weighted by molar-refractivity contribution is 7.25. The van der Waals surface area contributed by atoms with Gasteiger partial charge in [0.25, 0.3) is 5.91 Å². The topological polar surface area (TPSA) is 81.9 Å². The fourth-order valence-corrected chi connectivity index (χ4v) is 5.86. The number of nitrogens with one attached hydrogen (secondary N) is 1. The Balaban J connectivity index is 1.35. The lowest BCUT2D eigenvalue weighted by molar-refractivity contribution is 0.102. The number of anilines is 1. The first-order valence-electron chi connectivity index (χ1n) is 10.9. The number of nitrogens with zero attached hydrogens (tertiary/aromatic N) is 4. The Labute approximate surface area is 208 Å². The maximum atomic E-state index is 13.1. The largest absolute Gasteiger partial charge is 0.456 e. The Morgan fingerprint density at radius 2 is 1.94 bits per heavy atom. The van der Waals surface area contributed by atoms with Gasteiger partial charge in [0.1, 0.15) is 22.3 Å². The minimum Gasteiger partial charge on any atom is -0.456 e. The summed E-state index contributed by atoms with van der Waals surface area (Å²) >= 11 is 3.22. The highest BCUT2D eigenvalue weighted by Gasteiger charge is 2.20. The van der Waals surface area contributed by atoms with E-state index in [9.17, 15) is 4.79 Å². The molecule has 7 nitrogen and oxygen atoms in total. The first kappa shape index (κ1) is 21.5. The molecule has 0 atom stereocenters. The van der Waals surface area contributed by atoms with E-state index in [0.29, 0.717) is 17.1 Å². The number of fused-ring (bicyclic) bond motifs is 2. The van der Waals surface area contributed by atoms with Crippen molar-refractivity contribution in [1.29, 1.82) is 0 Å². The van der Waals surface area contributed by atoms with Crippen LogP contribution in [0.1, 0.15) is 16.1 Å². The summed E-state index contributed by atoms with van der Waals surface area (Å²) in [4.78, 5) is 27.3. The van der Waals surface area contributed by atoms with Crippen molar-refractivity contribution in [3.05, 3.63) is 83.8 Å². The predicted molar refractivity (Wildman–Crippen MR) is 141 cm³/mol. The summed E-state index contributed by atoms with van der Waals surface area (Å²) in [6.07, 6.45) is 5.21. The Morgan fingerprint density at radius 3 is 2.74 bits per heavy atom. The number of pyridine rings is 2. The molecule has 35 heavy (non-hydrogen) atoms. The van der Waals surface area contributed by atoms with Gasteiger partial charge < -0.3 is 14.6 Å². The average Bonchev–Trinajstić information content (AvgIpc) is 3.60. The van der Waals surface area contributed by atoms with Gasteiger partial charge in [-0.1, -0.05) is 6.07 Å². The average molecular weight is 498 g/mol. The highest BCUT2D eigenvalue weighted by atomic mass is 32.1. The van der Waals surface area contributed by atoms with Gasteiger partial charge in [0, 0.05) is 54.2 Å². The lowest BCUT2D eigenvalue weighted by atomic mass is 10.1. The van der Waals surface area contributed by atoms with E-state index in [0.717, 1.165) is 42.4 Å². The second kappa shape index (κ2) is 8.61. The summed E-state index contributed by atoms with van der Waals surface area (Å²) in [5.74, 6) is 1.75. The number of carbonyl (C=O) groups is 1. The fraction of sp³-hybridized carbons (Fsp3) is 0.0769. The molecule has 0 fully saturated rings. The molecule has 5 aromatic heterocycles. The summed E-state index contributed by atoms with van der Waals surface area (Å²) in [5.41, 5.74) is 3.27.